The number of benzene rings is 1. The first-order valence-electron chi connectivity index (χ1n) is 6.73. The number of nitrogens with one attached hydrogen (secondary N) is 2. The molecule has 0 unspecified atom stereocenters. The summed E-state index contributed by atoms with van der Waals surface area (Å²) < 4.78 is 0. The van der Waals surface area contributed by atoms with Gasteiger partial charge >= 0.3 is 0 Å². The van der Waals surface area contributed by atoms with Crippen LogP contribution < -0.4 is 16.4 Å². The van der Waals surface area contributed by atoms with Crippen molar-refractivity contribution in [2.75, 3.05) is 17.6 Å². The highest BCUT2D eigenvalue weighted by atomic mass is 16.1. The van der Waals surface area contributed by atoms with Gasteiger partial charge in [-0.05, 0) is 26.0 Å². The van der Waals surface area contributed by atoms with E-state index in [0.717, 1.165) is 16.5 Å². The third-order valence-electron chi connectivity index (χ3n) is 2.98. The number of nitrogens with zero attached hydrogens (tertiary/aromatic N) is 1. The Labute approximate surface area is 118 Å². The summed E-state index contributed by atoms with van der Waals surface area (Å²) in [6.45, 7) is 4.45. The van der Waals surface area contributed by atoms with Gasteiger partial charge in [-0.3, -0.25) is 9.78 Å². The Morgan fingerprint density at radius 2 is 2.15 bits per heavy atom. The molecule has 1 amide bonds. The number of nitrogen functional groups attached to an aromatic ring is 1. The van der Waals surface area contributed by atoms with Crippen LogP contribution in [-0.2, 0) is 4.79 Å². The van der Waals surface area contributed by atoms with Crippen LogP contribution in [0.3, 0.4) is 0 Å². The number of fused-ring (bicyclic) bond motifs is 1. The maximum atomic E-state index is 11.6. The third kappa shape index (κ3) is 3.38. The van der Waals surface area contributed by atoms with Gasteiger partial charge in [0, 0.05) is 42.2 Å². The number of hydrogen-bond donors (Lipinski definition) is 3. The van der Waals surface area contributed by atoms with Crippen LogP contribution in [0.15, 0.2) is 30.6 Å². The van der Waals surface area contributed by atoms with E-state index in [-0.39, 0.29) is 11.9 Å². The summed E-state index contributed by atoms with van der Waals surface area (Å²) in [6.07, 6.45) is 3.93. The molecule has 1 aromatic heterocycles. The van der Waals surface area contributed by atoms with Gasteiger partial charge in [0.25, 0.3) is 0 Å². The third-order valence-corrected chi connectivity index (χ3v) is 2.98. The van der Waals surface area contributed by atoms with Gasteiger partial charge in [-0.25, -0.2) is 0 Å². The molecule has 106 valence electrons. The van der Waals surface area contributed by atoms with E-state index in [9.17, 15) is 4.79 Å². The minimum Gasteiger partial charge on any atom is -0.397 e. The second kappa shape index (κ2) is 6.23. The minimum absolute atomic E-state index is 0.0380. The summed E-state index contributed by atoms with van der Waals surface area (Å²) in [4.78, 5) is 15.6. The van der Waals surface area contributed by atoms with E-state index >= 15 is 0 Å². The summed E-state index contributed by atoms with van der Waals surface area (Å²) in [5.74, 6) is 0.0380. The van der Waals surface area contributed by atoms with Gasteiger partial charge in [-0.15, -0.1) is 0 Å². The Morgan fingerprint density at radius 3 is 2.90 bits per heavy atom. The van der Waals surface area contributed by atoms with E-state index in [1.165, 1.54) is 0 Å². The van der Waals surface area contributed by atoms with Crippen molar-refractivity contribution in [1.82, 2.24) is 10.3 Å². The maximum Gasteiger partial charge on any atom is 0.221 e. The lowest BCUT2D eigenvalue weighted by Crippen LogP contribution is -2.31. The van der Waals surface area contributed by atoms with E-state index in [0.29, 0.717) is 18.7 Å². The predicted molar refractivity (Wildman–Crippen MR) is 82.5 cm³/mol. The molecule has 0 saturated carbocycles. The first-order valence-corrected chi connectivity index (χ1v) is 6.73. The Balaban J connectivity index is 2.00. The van der Waals surface area contributed by atoms with Crippen LogP contribution in [0, 0.1) is 0 Å². The van der Waals surface area contributed by atoms with Crippen molar-refractivity contribution in [2.24, 2.45) is 0 Å². The Morgan fingerprint density at radius 1 is 1.35 bits per heavy atom. The molecule has 0 aliphatic heterocycles. The van der Waals surface area contributed by atoms with Crippen LogP contribution in [0.5, 0.6) is 0 Å². The molecule has 0 bridgehead atoms. The maximum absolute atomic E-state index is 11.6. The molecule has 0 aliphatic rings. The van der Waals surface area contributed by atoms with E-state index in [4.69, 9.17) is 5.73 Å². The summed E-state index contributed by atoms with van der Waals surface area (Å²) in [5.41, 5.74) is 7.66. The Hall–Kier alpha value is -2.30. The van der Waals surface area contributed by atoms with Gasteiger partial charge < -0.3 is 16.4 Å². The molecule has 1 aromatic carbocycles. The number of rotatable bonds is 5. The topological polar surface area (TPSA) is 80.0 Å². The SMILES string of the molecule is CC(C)NC(=O)CCNc1ccc2cnccc2c1N. The molecule has 5 heteroatoms. The van der Waals surface area contributed by atoms with Crippen LogP contribution in [-0.4, -0.2) is 23.5 Å². The lowest BCUT2D eigenvalue weighted by atomic mass is 10.1. The molecule has 4 N–H and O–H groups in total. The van der Waals surface area contributed by atoms with Crippen molar-refractivity contribution in [3.8, 4) is 0 Å². The quantitative estimate of drug-likeness (QED) is 0.729. The zero-order chi connectivity index (χ0) is 14.5. The molecule has 0 atom stereocenters. The molecular weight excluding hydrogens is 252 g/mol. The van der Waals surface area contributed by atoms with Crippen molar-refractivity contribution in [1.29, 1.82) is 0 Å². The standard InChI is InChI=1S/C15H20N4O/c1-10(2)19-14(20)6-8-18-13-4-3-11-9-17-7-5-12(11)15(13)16/h3-5,7,9-10,18H,6,8,16H2,1-2H3,(H,19,20). The fraction of sp³-hybridized carbons (Fsp3) is 0.333. The summed E-state index contributed by atoms with van der Waals surface area (Å²) in [6, 6.07) is 5.94. The molecule has 0 radical (unpaired) electrons. The number of amides is 1. The average Bonchev–Trinajstić information content (AvgIpc) is 2.41. The largest absolute Gasteiger partial charge is 0.397 e. The van der Waals surface area contributed by atoms with Gasteiger partial charge in [0.05, 0.1) is 11.4 Å². The number of anilines is 2. The first kappa shape index (κ1) is 14.1. The molecule has 20 heavy (non-hydrogen) atoms. The zero-order valence-electron chi connectivity index (χ0n) is 11.8. The lowest BCUT2D eigenvalue weighted by molar-refractivity contribution is -0.121. The molecule has 0 spiro atoms. The van der Waals surface area contributed by atoms with Crippen LogP contribution in [0.1, 0.15) is 20.3 Å². The van der Waals surface area contributed by atoms with E-state index in [2.05, 4.69) is 15.6 Å². The second-order valence-electron chi connectivity index (χ2n) is 5.02. The zero-order valence-corrected chi connectivity index (χ0v) is 11.8. The summed E-state index contributed by atoms with van der Waals surface area (Å²) in [7, 11) is 0. The van der Waals surface area contributed by atoms with Gasteiger partial charge in [0.1, 0.15) is 0 Å². The lowest BCUT2D eigenvalue weighted by Gasteiger charge is -2.12. The molecular formula is C15H20N4O. The molecule has 2 aromatic rings. The van der Waals surface area contributed by atoms with Gasteiger partial charge in [-0.1, -0.05) is 6.07 Å². The molecule has 0 aliphatic carbocycles. The van der Waals surface area contributed by atoms with Crippen LogP contribution in [0.2, 0.25) is 0 Å². The predicted octanol–water partition coefficient (Wildman–Crippen LogP) is 2.14. The van der Waals surface area contributed by atoms with Crippen LogP contribution in [0.4, 0.5) is 11.4 Å². The van der Waals surface area contributed by atoms with Gasteiger partial charge in [0.15, 0.2) is 0 Å². The van der Waals surface area contributed by atoms with Crippen molar-refractivity contribution in [3.05, 3.63) is 30.6 Å². The van der Waals surface area contributed by atoms with Crippen LogP contribution in [0.25, 0.3) is 10.8 Å². The normalized spacial score (nSPS) is 10.8. The Bertz CT molecular complexity index is 610. The Kier molecular flexibility index (Phi) is 4.40. The highest BCUT2D eigenvalue weighted by Crippen LogP contribution is 2.27. The first-order chi connectivity index (χ1) is 9.58. The number of hydrogen-bond acceptors (Lipinski definition) is 4. The number of aromatic nitrogens is 1. The number of carbonyl (C=O) groups excluding carboxylic acids is 1. The second-order valence-corrected chi connectivity index (χ2v) is 5.02. The van der Waals surface area contributed by atoms with Crippen molar-refractivity contribution in [2.45, 2.75) is 26.3 Å². The molecule has 0 fully saturated rings. The monoisotopic (exact) mass is 272 g/mol. The van der Waals surface area contributed by atoms with Crippen molar-refractivity contribution >= 4 is 28.1 Å². The van der Waals surface area contributed by atoms with Crippen LogP contribution >= 0.6 is 0 Å². The smallest absolute Gasteiger partial charge is 0.221 e. The molecule has 1 heterocycles. The minimum atomic E-state index is 0.0380. The highest BCUT2D eigenvalue weighted by molar-refractivity contribution is 5.98. The van der Waals surface area contributed by atoms with Crippen molar-refractivity contribution < 1.29 is 4.79 Å². The molecule has 5 nitrogen and oxygen atoms in total. The number of nitrogens with two attached hydrogens (primary N) is 1. The van der Waals surface area contributed by atoms with Gasteiger partial charge in [0.2, 0.25) is 5.91 Å². The highest BCUT2D eigenvalue weighted by Gasteiger charge is 2.06. The molecule has 2 rings (SSSR count). The summed E-state index contributed by atoms with van der Waals surface area (Å²) in [5, 5.41) is 8.03. The number of pyridine rings is 1. The molecule has 0 saturated heterocycles. The summed E-state index contributed by atoms with van der Waals surface area (Å²) >= 11 is 0. The van der Waals surface area contributed by atoms with Gasteiger partial charge in [-0.2, -0.15) is 0 Å². The van der Waals surface area contributed by atoms with E-state index in [1.807, 2.05) is 32.0 Å². The van der Waals surface area contributed by atoms with Crippen molar-refractivity contribution in [3.63, 3.8) is 0 Å². The van der Waals surface area contributed by atoms with E-state index in [1.54, 1.807) is 12.4 Å². The fourth-order valence-corrected chi connectivity index (χ4v) is 2.05. The van der Waals surface area contributed by atoms with E-state index < -0.39 is 0 Å². The average molecular weight is 272 g/mol. The fourth-order valence-electron chi connectivity index (χ4n) is 2.05. The number of carbonyl (C=O) groups is 1.